The highest BCUT2D eigenvalue weighted by molar-refractivity contribution is 7.91. The van der Waals surface area contributed by atoms with Gasteiger partial charge in [-0.1, -0.05) is 0 Å². The van der Waals surface area contributed by atoms with E-state index in [1.54, 1.807) is 0 Å². The molecule has 0 N–H and O–H groups in total. The van der Waals surface area contributed by atoms with E-state index in [2.05, 4.69) is 0 Å². The number of carbonyl (C=O) groups is 1. The number of halogens is 4. The fraction of sp³-hybridized carbons (Fsp3) is 0.417. The lowest BCUT2D eigenvalue weighted by Crippen LogP contribution is -2.43. The molecule has 1 fully saturated rings. The molecule has 0 unspecified atom stereocenters. The second-order valence-electron chi connectivity index (χ2n) is 4.64. The molecule has 1 aromatic rings. The molecule has 21 heavy (non-hydrogen) atoms. The van der Waals surface area contributed by atoms with Crippen molar-refractivity contribution in [1.82, 2.24) is 4.90 Å². The molecule has 1 heterocycles. The Balaban J connectivity index is 2.25. The van der Waals surface area contributed by atoms with E-state index in [-0.39, 0.29) is 30.2 Å². The number of benzene rings is 1. The third kappa shape index (κ3) is 3.52. The topological polar surface area (TPSA) is 54.5 Å². The lowest BCUT2D eigenvalue weighted by Gasteiger charge is -2.27. The van der Waals surface area contributed by atoms with Crippen LogP contribution in [0.5, 0.6) is 0 Å². The molecule has 2 rings (SSSR count). The lowest BCUT2D eigenvalue weighted by atomic mass is 10.1. The van der Waals surface area contributed by atoms with Crippen LogP contribution in [0.15, 0.2) is 18.2 Å². The lowest BCUT2D eigenvalue weighted by molar-refractivity contribution is -0.140. The summed E-state index contributed by atoms with van der Waals surface area (Å²) >= 11 is 0. The molecule has 0 aliphatic carbocycles. The molecule has 0 saturated carbocycles. The van der Waals surface area contributed by atoms with Crippen molar-refractivity contribution in [2.24, 2.45) is 0 Å². The van der Waals surface area contributed by atoms with Crippen LogP contribution < -0.4 is 0 Å². The molecule has 1 aliphatic heterocycles. The smallest absolute Gasteiger partial charge is 0.337 e. The number of hydrogen-bond donors (Lipinski definition) is 0. The molecule has 0 bridgehead atoms. The van der Waals surface area contributed by atoms with Gasteiger partial charge < -0.3 is 4.90 Å². The molecule has 0 radical (unpaired) electrons. The van der Waals surface area contributed by atoms with Crippen LogP contribution in [0.4, 0.5) is 17.6 Å². The van der Waals surface area contributed by atoms with Gasteiger partial charge in [-0.15, -0.1) is 0 Å². The average Bonchev–Trinajstić information content (AvgIpc) is 2.37. The summed E-state index contributed by atoms with van der Waals surface area (Å²) in [7, 11) is -3.20. The molecule has 4 nitrogen and oxygen atoms in total. The normalized spacial score (nSPS) is 18.6. The third-order valence-corrected chi connectivity index (χ3v) is 4.76. The Labute approximate surface area is 118 Å². The Morgan fingerprint density at radius 1 is 1.14 bits per heavy atom. The van der Waals surface area contributed by atoms with E-state index in [0.717, 1.165) is 11.0 Å². The van der Waals surface area contributed by atoms with E-state index in [1.807, 2.05) is 0 Å². The summed E-state index contributed by atoms with van der Waals surface area (Å²) in [5.41, 5.74) is -1.83. The maximum atomic E-state index is 13.1. The second-order valence-corrected chi connectivity index (χ2v) is 6.94. The Kier molecular flexibility index (Phi) is 3.96. The number of hydrogen-bond acceptors (Lipinski definition) is 3. The zero-order valence-corrected chi connectivity index (χ0v) is 11.5. The molecular formula is C12H11F4NO3S. The molecule has 0 aromatic heterocycles. The van der Waals surface area contributed by atoms with Crippen LogP contribution in [-0.2, 0) is 16.0 Å². The van der Waals surface area contributed by atoms with E-state index in [4.69, 9.17) is 0 Å². The number of amides is 1. The highest BCUT2D eigenvalue weighted by Crippen LogP contribution is 2.32. The van der Waals surface area contributed by atoms with Gasteiger partial charge in [0.05, 0.1) is 17.1 Å². The van der Waals surface area contributed by atoms with Crippen molar-refractivity contribution in [3.05, 3.63) is 35.1 Å². The van der Waals surface area contributed by atoms with Gasteiger partial charge in [-0.25, -0.2) is 12.8 Å². The quantitative estimate of drug-likeness (QED) is 0.739. The van der Waals surface area contributed by atoms with Gasteiger partial charge in [0.2, 0.25) is 0 Å². The third-order valence-electron chi connectivity index (χ3n) is 3.15. The highest BCUT2D eigenvalue weighted by atomic mass is 32.2. The number of rotatable bonds is 1. The van der Waals surface area contributed by atoms with Crippen LogP contribution in [0.3, 0.4) is 0 Å². The van der Waals surface area contributed by atoms with Crippen LogP contribution in [0.1, 0.15) is 15.9 Å². The molecular weight excluding hydrogens is 314 g/mol. The van der Waals surface area contributed by atoms with Crippen molar-refractivity contribution in [3.63, 3.8) is 0 Å². The van der Waals surface area contributed by atoms with Gasteiger partial charge in [-0.3, -0.25) is 4.79 Å². The molecule has 0 atom stereocenters. The van der Waals surface area contributed by atoms with Crippen LogP contribution in [0, 0.1) is 5.82 Å². The summed E-state index contributed by atoms with van der Waals surface area (Å²) in [6, 6.07) is 1.98. The zero-order valence-electron chi connectivity index (χ0n) is 10.7. The molecule has 1 amide bonds. The summed E-state index contributed by atoms with van der Waals surface area (Å²) in [6.45, 7) is -0.167. The van der Waals surface area contributed by atoms with Crippen LogP contribution in [-0.4, -0.2) is 43.8 Å². The van der Waals surface area contributed by atoms with Gasteiger partial charge >= 0.3 is 6.18 Å². The fourth-order valence-electron chi connectivity index (χ4n) is 1.97. The van der Waals surface area contributed by atoms with E-state index < -0.39 is 33.3 Å². The summed E-state index contributed by atoms with van der Waals surface area (Å²) in [6.07, 6.45) is -4.90. The summed E-state index contributed by atoms with van der Waals surface area (Å²) < 4.78 is 73.4. The maximum absolute atomic E-state index is 13.1. The standard InChI is InChI=1S/C12H11F4NO3S/c13-10-2-1-8(7-9(10)12(14,15)16)11(18)17-3-5-21(19,20)6-4-17/h1-2,7H,3-6H2. The van der Waals surface area contributed by atoms with Gasteiger partial charge in [0.15, 0.2) is 9.84 Å². The Morgan fingerprint density at radius 2 is 1.71 bits per heavy atom. The number of carbonyl (C=O) groups excluding carboxylic acids is 1. The minimum absolute atomic E-state index is 0.0834. The predicted octanol–water partition coefficient (Wildman–Crippen LogP) is 1.72. The second kappa shape index (κ2) is 5.28. The van der Waals surface area contributed by atoms with Crippen LogP contribution in [0.25, 0.3) is 0 Å². The van der Waals surface area contributed by atoms with Crippen molar-refractivity contribution < 1.29 is 30.8 Å². The summed E-state index contributed by atoms with van der Waals surface area (Å²) in [5, 5.41) is 0. The minimum Gasteiger partial charge on any atom is -0.337 e. The van der Waals surface area contributed by atoms with Crippen LogP contribution in [0.2, 0.25) is 0 Å². The SMILES string of the molecule is O=C(c1ccc(F)c(C(F)(F)F)c1)N1CCS(=O)(=O)CC1. The Hall–Kier alpha value is -1.64. The maximum Gasteiger partial charge on any atom is 0.419 e. The van der Waals surface area contributed by atoms with Gasteiger partial charge in [0.1, 0.15) is 5.82 Å². The number of nitrogens with zero attached hydrogens (tertiary/aromatic N) is 1. The first-order valence-electron chi connectivity index (χ1n) is 5.96. The van der Waals surface area contributed by atoms with Gasteiger partial charge in [-0.2, -0.15) is 13.2 Å². The number of sulfone groups is 1. The summed E-state index contributed by atoms with van der Waals surface area (Å²) in [4.78, 5) is 13.2. The molecule has 9 heteroatoms. The minimum atomic E-state index is -4.90. The molecule has 0 spiro atoms. The molecule has 1 saturated heterocycles. The first-order chi connectivity index (χ1) is 9.60. The Morgan fingerprint density at radius 3 is 2.24 bits per heavy atom. The first kappa shape index (κ1) is 15.7. The molecule has 116 valence electrons. The molecule has 1 aliphatic rings. The summed E-state index contributed by atoms with van der Waals surface area (Å²) in [5.74, 6) is -2.66. The van der Waals surface area contributed by atoms with Crippen molar-refractivity contribution in [3.8, 4) is 0 Å². The predicted molar refractivity (Wildman–Crippen MR) is 66.0 cm³/mol. The number of alkyl halides is 3. The van der Waals surface area contributed by atoms with E-state index in [0.29, 0.717) is 12.1 Å². The zero-order chi connectivity index (χ0) is 15.8. The highest BCUT2D eigenvalue weighted by Gasteiger charge is 2.35. The van der Waals surface area contributed by atoms with Crippen molar-refractivity contribution in [2.45, 2.75) is 6.18 Å². The Bertz CT molecular complexity index is 656. The van der Waals surface area contributed by atoms with E-state index in [9.17, 15) is 30.8 Å². The first-order valence-corrected chi connectivity index (χ1v) is 7.79. The van der Waals surface area contributed by atoms with Crippen molar-refractivity contribution in [2.75, 3.05) is 24.6 Å². The van der Waals surface area contributed by atoms with E-state index >= 15 is 0 Å². The van der Waals surface area contributed by atoms with Crippen molar-refractivity contribution >= 4 is 15.7 Å². The van der Waals surface area contributed by atoms with Crippen LogP contribution >= 0.6 is 0 Å². The van der Waals surface area contributed by atoms with Gasteiger partial charge in [0, 0.05) is 18.7 Å². The molecule has 1 aromatic carbocycles. The van der Waals surface area contributed by atoms with E-state index in [1.165, 1.54) is 0 Å². The van der Waals surface area contributed by atoms with Gasteiger partial charge in [0.25, 0.3) is 5.91 Å². The van der Waals surface area contributed by atoms with Crippen molar-refractivity contribution in [1.29, 1.82) is 0 Å². The monoisotopic (exact) mass is 325 g/mol. The van der Waals surface area contributed by atoms with Gasteiger partial charge in [-0.05, 0) is 18.2 Å². The fourth-order valence-corrected chi connectivity index (χ4v) is 3.17. The largest absolute Gasteiger partial charge is 0.419 e. The average molecular weight is 325 g/mol.